The SMILES string of the molecule is COc1ccc(N(C)c2nc(CNCC(C)(C)CC(C)(C)C(=O)NO)nc3ccccc23)cc1. The summed E-state index contributed by atoms with van der Waals surface area (Å²) in [6, 6.07) is 15.8. The molecule has 0 aliphatic rings. The Morgan fingerprint density at radius 3 is 2.38 bits per heavy atom. The highest BCUT2D eigenvalue weighted by Crippen LogP contribution is 2.34. The molecule has 0 bridgehead atoms. The predicted octanol–water partition coefficient (Wildman–Crippen LogP) is 4.44. The van der Waals surface area contributed by atoms with Gasteiger partial charge >= 0.3 is 0 Å². The maximum atomic E-state index is 12.0. The van der Waals surface area contributed by atoms with E-state index in [0.29, 0.717) is 25.3 Å². The summed E-state index contributed by atoms with van der Waals surface area (Å²) in [6.07, 6.45) is 0.601. The highest BCUT2D eigenvalue weighted by atomic mass is 16.5. The Hall–Kier alpha value is -3.23. The van der Waals surface area contributed by atoms with Crippen molar-refractivity contribution in [3.8, 4) is 5.75 Å². The van der Waals surface area contributed by atoms with Gasteiger partial charge in [0.1, 0.15) is 17.4 Å². The Labute approximate surface area is 201 Å². The predicted molar refractivity (Wildman–Crippen MR) is 134 cm³/mol. The number of rotatable bonds is 10. The maximum Gasteiger partial charge on any atom is 0.249 e. The van der Waals surface area contributed by atoms with Crippen molar-refractivity contribution in [2.24, 2.45) is 10.8 Å². The first-order valence-electron chi connectivity index (χ1n) is 11.3. The molecule has 0 atom stereocenters. The van der Waals surface area contributed by atoms with Gasteiger partial charge in [0.25, 0.3) is 0 Å². The molecule has 0 aliphatic heterocycles. The van der Waals surface area contributed by atoms with Crippen molar-refractivity contribution in [1.82, 2.24) is 20.8 Å². The molecule has 0 unspecified atom stereocenters. The Balaban J connectivity index is 1.79. The van der Waals surface area contributed by atoms with Crippen LogP contribution in [0, 0.1) is 10.8 Å². The minimum Gasteiger partial charge on any atom is -0.497 e. The minimum absolute atomic E-state index is 0.185. The average Bonchev–Trinajstić information content (AvgIpc) is 2.81. The van der Waals surface area contributed by atoms with Crippen molar-refractivity contribution < 1.29 is 14.7 Å². The van der Waals surface area contributed by atoms with Gasteiger partial charge in [-0.3, -0.25) is 10.0 Å². The van der Waals surface area contributed by atoms with Gasteiger partial charge in [0, 0.05) is 30.1 Å². The lowest BCUT2D eigenvalue weighted by molar-refractivity contribution is -0.139. The molecular formula is C26H35N5O3. The van der Waals surface area contributed by atoms with Crippen LogP contribution in [-0.2, 0) is 11.3 Å². The number of nitrogens with one attached hydrogen (secondary N) is 2. The highest BCUT2D eigenvalue weighted by Gasteiger charge is 2.34. The molecule has 8 heteroatoms. The fourth-order valence-electron chi connectivity index (χ4n) is 4.37. The van der Waals surface area contributed by atoms with Crippen molar-refractivity contribution in [2.45, 2.75) is 40.7 Å². The average molecular weight is 466 g/mol. The van der Waals surface area contributed by atoms with E-state index in [1.165, 1.54) is 0 Å². The Kier molecular flexibility index (Phi) is 7.74. The molecule has 182 valence electrons. The van der Waals surface area contributed by atoms with Crippen LogP contribution in [0.3, 0.4) is 0 Å². The molecule has 3 N–H and O–H groups in total. The number of ether oxygens (including phenoxy) is 1. The van der Waals surface area contributed by atoms with Gasteiger partial charge in [-0.15, -0.1) is 0 Å². The molecule has 0 radical (unpaired) electrons. The third-order valence-corrected chi connectivity index (χ3v) is 5.93. The van der Waals surface area contributed by atoms with Crippen LogP contribution in [0.15, 0.2) is 48.5 Å². The van der Waals surface area contributed by atoms with E-state index >= 15 is 0 Å². The van der Waals surface area contributed by atoms with E-state index in [-0.39, 0.29) is 11.3 Å². The number of fused-ring (bicyclic) bond motifs is 1. The molecule has 8 nitrogen and oxygen atoms in total. The van der Waals surface area contributed by atoms with Gasteiger partial charge in [0.2, 0.25) is 5.91 Å². The van der Waals surface area contributed by atoms with Gasteiger partial charge in [-0.1, -0.05) is 39.8 Å². The van der Waals surface area contributed by atoms with Crippen LogP contribution in [0.25, 0.3) is 10.9 Å². The number of carbonyl (C=O) groups excluding carboxylic acids is 1. The monoisotopic (exact) mass is 465 g/mol. The van der Waals surface area contributed by atoms with Crippen LogP contribution in [-0.4, -0.2) is 41.8 Å². The summed E-state index contributed by atoms with van der Waals surface area (Å²) in [4.78, 5) is 23.7. The fraction of sp³-hybridized carbons (Fsp3) is 0.423. The number of hydrogen-bond donors (Lipinski definition) is 3. The zero-order valence-electron chi connectivity index (χ0n) is 20.8. The summed E-state index contributed by atoms with van der Waals surface area (Å²) in [5.41, 5.74) is 2.77. The quantitative estimate of drug-likeness (QED) is 0.301. The number of hydrogen-bond acceptors (Lipinski definition) is 7. The first-order chi connectivity index (χ1) is 16.1. The number of hydroxylamine groups is 1. The molecule has 1 heterocycles. The molecule has 34 heavy (non-hydrogen) atoms. The molecule has 0 spiro atoms. The van der Waals surface area contributed by atoms with Gasteiger partial charge in [-0.2, -0.15) is 0 Å². The van der Waals surface area contributed by atoms with Crippen molar-refractivity contribution in [2.75, 3.05) is 25.6 Å². The number of carbonyl (C=O) groups is 1. The molecule has 0 saturated carbocycles. The number of anilines is 2. The smallest absolute Gasteiger partial charge is 0.249 e. The van der Waals surface area contributed by atoms with E-state index in [4.69, 9.17) is 19.9 Å². The van der Waals surface area contributed by atoms with Crippen molar-refractivity contribution in [3.05, 3.63) is 54.4 Å². The molecule has 3 rings (SSSR count). The first-order valence-corrected chi connectivity index (χ1v) is 11.3. The lowest BCUT2D eigenvalue weighted by Gasteiger charge is -2.33. The lowest BCUT2D eigenvalue weighted by atomic mass is 9.74. The molecule has 1 amide bonds. The molecular weight excluding hydrogens is 430 g/mol. The molecule has 1 aromatic heterocycles. The van der Waals surface area contributed by atoms with Crippen molar-refractivity contribution in [3.63, 3.8) is 0 Å². The summed E-state index contributed by atoms with van der Waals surface area (Å²) in [7, 11) is 3.64. The fourth-order valence-corrected chi connectivity index (χ4v) is 4.37. The topological polar surface area (TPSA) is 99.6 Å². The third kappa shape index (κ3) is 6.01. The van der Waals surface area contributed by atoms with Gasteiger partial charge in [-0.05, 0) is 48.2 Å². The van der Waals surface area contributed by atoms with E-state index in [2.05, 4.69) is 19.2 Å². The number of methoxy groups -OCH3 is 1. The summed E-state index contributed by atoms with van der Waals surface area (Å²) in [5, 5.41) is 13.4. The van der Waals surface area contributed by atoms with Gasteiger partial charge in [0.15, 0.2) is 0 Å². The summed E-state index contributed by atoms with van der Waals surface area (Å²) >= 11 is 0. The molecule has 0 aliphatic carbocycles. The van der Waals surface area contributed by atoms with Crippen LogP contribution in [0.2, 0.25) is 0 Å². The second kappa shape index (κ2) is 10.4. The third-order valence-electron chi connectivity index (χ3n) is 5.93. The van der Waals surface area contributed by atoms with Crippen LogP contribution in [0.1, 0.15) is 39.9 Å². The summed E-state index contributed by atoms with van der Waals surface area (Å²) in [5.74, 6) is 1.94. The van der Waals surface area contributed by atoms with Crippen LogP contribution < -0.4 is 20.4 Å². The standard InChI is InChI=1S/C26H35N5O3/c1-25(2,16-26(3,4)24(32)30-33)17-27-15-22-28-21-10-8-7-9-20(21)23(29-22)31(5)18-11-13-19(34-6)14-12-18/h7-14,27,33H,15-17H2,1-6H3,(H,30,32). The second-order valence-corrected chi connectivity index (χ2v) is 10.0. The maximum absolute atomic E-state index is 12.0. The summed E-state index contributed by atoms with van der Waals surface area (Å²) in [6.45, 7) is 8.99. The van der Waals surface area contributed by atoms with Crippen molar-refractivity contribution >= 4 is 28.3 Å². The number of amides is 1. The second-order valence-electron chi connectivity index (χ2n) is 10.0. The molecule has 3 aromatic rings. The van der Waals surface area contributed by atoms with E-state index in [1.54, 1.807) is 12.6 Å². The lowest BCUT2D eigenvalue weighted by Crippen LogP contribution is -2.41. The van der Waals surface area contributed by atoms with Gasteiger partial charge in [-0.25, -0.2) is 15.4 Å². The Morgan fingerprint density at radius 1 is 1.06 bits per heavy atom. The Bertz CT molecular complexity index is 1130. The molecule has 0 saturated heterocycles. The highest BCUT2D eigenvalue weighted by molar-refractivity contribution is 5.91. The van der Waals surface area contributed by atoms with Gasteiger partial charge < -0.3 is 15.0 Å². The number of benzene rings is 2. The molecule has 0 fully saturated rings. The number of nitrogens with zero attached hydrogens (tertiary/aromatic N) is 3. The largest absolute Gasteiger partial charge is 0.497 e. The van der Waals surface area contributed by atoms with E-state index < -0.39 is 5.41 Å². The minimum atomic E-state index is -0.687. The van der Waals surface area contributed by atoms with E-state index in [9.17, 15) is 4.79 Å². The van der Waals surface area contributed by atoms with Crippen LogP contribution in [0.5, 0.6) is 5.75 Å². The zero-order chi connectivity index (χ0) is 24.9. The van der Waals surface area contributed by atoms with Crippen LogP contribution in [0.4, 0.5) is 11.5 Å². The van der Waals surface area contributed by atoms with Gasteiger partial charge in [0.05, 0.1) is 19.2 Å². The first kappa shape index (κ1) is 25.4. The van der Waals surface area contributed by atoms with E-state index in [1.807, 2.05) is 74.3 Å². The van der Waals surface area contributed by atoms with Crippen LogP contribution >= 0.6 is 0 Å². The molecule has 2 aromatic carbocycles. The Morgan fingerprint density at radius 2 is 1.74 bits per heavy atom. The van der Waals surface area contributed by atoms with E-state index in [0.717, 1.165) is 28.2 Å². The number of para-hydroxylation sites is 1. The summed E-state index contributed by atoms with van der Waals surface area (Å²) < 4.78 is 5.28. The number of aromatic nitrogens is 2. The van der Waals surface area contributed by atoms with Crippen molar-refractivity contribution in [1.29, 1.82) is 0 Å². The zero-order valence-corrected chi connectivity index (χ0v) is 20.8. The normalized spacial score (nSPS) is 12.0.